The number of sulfonamides is 1. The van der Waals surface area contributed by atoms with Gasteiger partial charge in [0.2, 0.25) is 10.0 Å². The molecule has 1 saturated carbocycles. The van der Waals surface area contributed by atoms with Crippen LogP contribution < -0.4 is 10.0 Å². The fourth-order valence-corrected chi connectivity index (χ4v) is 3.46. The van der Waals surface area contributed by atoms with Crippen LogP contribution in [-0.2, 0) is 14.8 Å². The molecule has 1 aromatic carbocycles. The van der Waals surface area contributed by atoms with Gasteiger partial charge in [-0.1, -0.05) is 6.42 Å². The molecule has 0 aromatic heterocycles. The van der Waals surface area contributed by atoms with Gasteiger partial charge >= 0.3 is 5.97 Å². The number of hydrogen-bond donors (Lipinski definition) is 3. The monoisotopic (exact) mass is 312 g/mol. The van der Waals surface area contributed by atoms with Crippen molar-refractivity contribution in [1.82, 2.24) is 4.72 Å². The van der Waals surface area contributed by atoms with Gasteiger partial charge in [0, 0.05) is 12.2 Å². The number of carboxylic acid groups (broad SMARTS) is 1. The lowest BCUT2D eigenvalue weighted by atomic mass is 9.96. The summed E-state index contributed by atoms with van der Waals surface area (Å²) in [7, 11) is -2.05. The van der Waals surface area contributed by atoms with Crippen molar-refractivity contribution < 1.29 is 18.3 Å². The Morgan fingerprint density at radius 3 is 2.52 bits per heavy atom. The molecular weight excluding hydrogens is 292 g/mol. The summed E-state index contributed by atoms with van der Waals surface area (Å²) in [6.45, 7) is 0.592. The average molecular weight is 312 g/mol. The van der Waals surface area contributed by atoms with E-state index in [0.29, 0.717) is 6.54 Å². The summed E-state index contributed by atoms with van der Waals surface area (Å²) < 4.78 is 25.5. The second-order valence-corrected chi connectivity index (χ2v) is 7.14. The van der Waals surface area contributed by atoms with Crippen molar-refractivity contribution in [3.05, 3.63) is 24.3 Å². The number of aliphatic carboxylic acids is 1. The Morgan fingerprint density at radius 1 is 1.29 bits per heavy atom. The highest BCUT2D eigenvalue weighted by molar-refractivity contribution is 7.89. The number of rotatable bonds is 6. The molecule has 3 N–H and O–H groups in total. The third-order valence-electron chi connectivity index (χ3n) is 3.98. The van der Waals surface area contributed by atoms with Crippen LogP contribution in [0.25, 0.3) is 0 Å². The average Bonchev–Trinajstić information content (AvgIpc) is 2.94. The predicted molar refractivity (Wildman–Crippen MR) is 79.6 cm³/mol. The van der Waals surface area contributed by atoms with E-state index in [1.165, 1.54) is 19.2 Å². The molecule has 1 aliphatic carbocycles. The van der Waals surface area contributed by atoms with Crippen LogP contribution in [-0.4, -0.2) is 33.1 Å². The molecule has 0 amide bonds. The van der Waals surface area contributed by atoms with Gasteiger partial charge in [0.25, 0.3) is 0 Å². The highest BCUT2D eigenvalue weighted by Crippen LogP contribution is 2.32. The smallest absolute Gasteiger partial charge is 0.306 e. The molecule has 0 heterocycles. The molecule has 1 aliphatic rings. The lowest BCUT2D eigenvalue weighted by Gasteiger charge is -2.17. The SMILES string of the molecule is CNS(=O)(=O)c1ccc(NCC2CCCC2C(=O)O)cc1. The molecule has 1 fully saturated rings. The summed E-state index contributed by atoms with van der Waals surface area (Å²) in [5.74, 6) is -0.876. The molecule has 0 spiro atoms. The number of benzene rings is 1. The van der Waals surface area contributed by atoms with Crippen molar-refractivity contribution >= 4 is 21.7 Å². The number of carbonyl (C=O) groups is 1. The third-order valence-corrected chi connectivity index (χ3v) is 5.41. The van der Waals surface area contributed by atoms with Crippen LogP contribution in [0.5, 0.6) is 0 Å². The number of nitrogens with one attached hydrogen (secondary N) is 2. The van der Waals surface area contributed by atoms with E-state index in [1.807, 2.05) is 0 Å². The van der Waals surface area contributed by atoms with Crippen LogP contribution in [0.1, 0.15) is 19.3 Å². The quantitative estimate of drug-likeness (QED) is 0.740. The van der Waals surface area contributed by atoms with Crippen LogP contribution in [0.4, 0.5) is 5.69 Å². The Labute approximate surface area is 124 Å². The summed E-state index contributed by atoms with van der Waals surface area (Å²) >= 11 is 0. The Morgan fingerprint density at radius 2 is 1.95 bits per heavy atom. The van der Waals surface area contributed by atoms with E-state index in [0.717, 1.165) is 24.9 Å². The molecule has 0 aliphatic heterocycles. The van der Waals surface area contributed by atoms with Crippen LogP contribution in [0.3, 0.4) is 0 Å². The molecule has 0 saturated heterocycles. The summed E-state index contributed by atoms with van der Waals surface area (Å²) in [6, 6.07) is 6.43. The Hall–Kier alpha value is -1.60. The van der Waals surface area contributed by atoms with Crippen molar-refractivity contribution in [1.29, 1.82) is 0 Å². The van der Waals surface area contributed by atoms with Crippen molar-refractivity contribution in [3.63, 3.8) is 0 Å². The van der Waals surface area contributed by atoms with Gasteiger partial charge in [0.05, 0.1) is 10.8 Å². The molecule has 7 heteroatoms. The van der Waals surface area contributed by atoms with Crippen LogP contribution in [0.2, 0.25) is 0 Å². The van der Waals surface area contributed by atoms with Gasteiger partial charge in [0.1, 0.15) is 0 Å². The first-order valence-corrected chi connectivity index (χ1v) is 8.42. The molecule has 0 radical (unpaired) electrons. The highest BCUT2D eigenvalue weighted by Gasteiger charge is 2.32. The van der Waals surface area contributed by atoms with Crippen molar-refractivity contribution in [2.24, 2.45) is 11.8 Å². The minimum absolute atomic E-state index is 0.128. The first-order chi connectivity index (χ1) is 9.94. The fourth-order valence-electron chi connectivity index (χ4n) is 2.73. The van der Waals surface area contributed by atoms with Crippen LogP contribution >= 0.6 is 0 Å². The van der Waals surface area contributed by atoms with E-state index in [2.05, 4.69) is 10.0 Å². The largest absolute Gasteiger partial charge is 0.481 e. The van der Waals surface area contributed by atoms with Gasteiger partial charge < -0.3 is 10.4 Å². The predicted octanol–water partition coefficient (Wildman–Crippen LogP) is 1.51. The zero-order valence-electron chi connectivity index (χ0n) is 11.9. The van der Waals surface area contributed by atoms with E-state index < -0.39 is 16.0 Å². The van der Waals surface area contributed by atoms with E-state index in [4.69, 9.17) is 5.11 Å². The van der Waals surface area contributed by atoms with Gasteiger partial charge in [-0.15, -0.1) is 0 Å². The second kappa shape index (κ2) is 6.44. The van der Waals surface area contributed by atoms with Gasteiger partial charge in [-0.25, -0.2) is 13.1 Å². The molecule has 2 unspecified atom stereocenters. The van der Waals surface area contributed by atoms with Gasteiger partial charge in [-0.05, 0) is 50.1 Å². The zero-order chi connectivity index (χ0) is 15.5. The van der Waals surface area contributed by atoms with Gasteiger partial charge in [-0.3, -0.25) is 4.79 Å². The van der Waals surface area contributed by atoms with E-state index in [9.17, 15) is 13.2 Å². The van der Waals surface area contributed by atoms with E-state index >= 15 is 0 Å². The van der Waals surface area contributed by atoms with Crippen molar-refractivity contribution in [2.45, 2.75) is 24.2 Å². The summed E-state index contributed by atoms with van der Waals surface area (Å²) in [6.07, 6.45) is 2.60. The number of carboxylic acids is 1. The van der Waals surface area contributed by atoms with Crippen LogP contribution in [0.15, 0.2) is 29.2 Å². The number of anilines is 1. The van der Waals surface area contributed by atoms with Gasteiger partial charge in [0.15, 0.2) is 0 Å². The summed E-state index contributed by atoms with van der Waals surface area (Å²) in [5, 5.41) is 12.3. The molecule has 21 heavy (non-hydrogen) atoms. The molecule has 2 atom stereocenters. The minimum atomic E-state index is -3.42. The van der Waals surface area contributed by atoms with E-state index in [1.54, 1.807) is 12.1 Å². The first-order valence-electron chi connectivity index (χ1n) is 6.94. The Kier molecular flexibility index (Phi) is 4.84. The zero-order valence-corrected chi connectivity index (χ0v) is 12.7. The Bertz CT molecular complexity index is 598. The maximum Gasteiger partial charge on any atom is 0.306 e. The van der Waals surface area contributed by atoms with Crippen molar-refractivity contribution in [2.75, 3.05) is 18.9 Å². The summed E-state index contributed by atoms with van der Waals surface area (Å²) in [4.78, 5) is 11.3. The topological polar surface area (TPSA) is 95.5 Å². The fraction of sp³-hybridized carbons (Fsp3) is 0.500. The highest BCUT2D eigenvalue weighted by atomic mass is 32.2. The molecule has 0 bridgehead atoms. The maximum atomic E-state index is 11.6. The maximum absolute atomic E-state index is 11.6. The lowest BCUT2D eigenvalue weighted by Crippen LogP contribution is -2.24. The summed E-state index contributed by atoms with van der Waals surface area (Å²) in [5.41, 5.74) is 0.793. The third kappa shape index (κ3) is 3.74. The first kappa shape index (κ1) is 15.8. The molecule has 116 valence electrons. The number of hydrogen-bond acceptors (Lipinski definition) is 4. The molecule has 6 nitrogen and oxygen atoms in total. The lowest BCUT2D eigenvalue weighted by molar-refractivity contribution is -0.142. The normalized spacial score (nSPS) is 22.1. The van der Waals surface area contributed by atoms with Crippen LogP contribution in [0, 0.1) is 11.8 Å². The van der Waals surface area contributed by atoms with E-state index in [-0.39, 0.29) is 16.7 Å². The van der Waals surface area contributed by atoms with Gasteiger partial charge in [-0.2, -0.15) is 0 Å². The van der Waals surface area contributed by atoms with Crippen molar-refractivity contribution in [3.8, 4) is 0 Å². The molecule has 2 rings (SSSR count). The Balaban J connectivity index is 1.97. The second-order valence-electron chi connectivity index (χ2n) is 5.25. The molecule has 1 aromatic rings. The minimum Gasteiger partial charge on any atom is -0.481 e. The standard InChI is InChI=1S/C14H20N2O4S/c1-15-21(19,20)12-7-5-11(6-8-12)16-9-10-3-2-4-13(10)14(17)18/h5-8,10,13,15-16H,2-4,9H2,1H3,(H,17,18). The molecular formula is C14H20N2O4S.